The highest BCUT2D eigenvalue weighted by atomic mass is 79.9. The minimum absolute atomic E-state index is 0.00863. The lowest BCUT2D eigenvalue weighted by Crippen LogP contribution is -2.45. The molecule has 18 heavy (non-hydrogen) atoms. The molecule has 1 aromatic rings. The van der Waals surface area contributed by atoms with Gasteiger partial charge in [0.25, 0.3) is 0 Å². The number of carbonyl (C=O) groups excluding carboxylic acids is 1. The maximum atomic E-state index is 11.8. The van der Waals surface area contributed by atoms with Crippen LogP contribution in [-0.4, -0.2) is 18.0 Å². The number of hydrogen-bond donors (Lipinski definition) is 2. The van der Waals surface area contributed by atoms with Crippen LogP contribution in [0.1, 0.15) is 32.8 Å². The van der Waals surface area contributed by atoms with E-state index in [1.807, 2.05) is 39.0 Å². The van der Waals surface area contributed by atoms with Crippen LogP contribution in [0.15, 0.2) is 22.7 Å². The minimum atomic E-state index is -0.150. The summed E-state index contributed by atoms with van der Waals surface area (Å²) in [5, 5.41) is 6.12. The highest BCUT2D eigenvalue weighted by Gasteiger charge is 2.17. The average Bonchev–Trinajstić information content (AvgIpc) is 2.27. The first-order valence-corrected chi connectivity index (χ1v) is 6.94. The molecule has 0 aliphatic heterocycles. The van der Waals surface area contributed by atoms with E-state index in [-0.39, 0.29) is 18.0 Å². The smallest absolute Gasteiger partial charge is 0.239 e. The van der Waals surface area contributed by atoms with Gasteiger partial charge in [-0.05, 0) is 60.8 Å². The van der Waals surface area contributed by atoms with Crippen LogP contribution in [0.25, 0.3) is 0 Å². The van der Waals surface area contributed by atoms with Crippen LogP contribution in [0.4, 0.5) is 5.69 Å². The Balaban J connectivity index is 2.53. The van der Waals surface area contributed by atoms with Gasteiger partial charge in [-0.3, -0.25) is 4.79 Å². The van der Waals surface area contributed by atoms with Crippen molar-refractivity contribution in [3.63, 3.8) is 0 Å². The summed E-state index contributed by atoms with van der Waals surface area (Å²) in [5.41, 5.74) is 1.97. The van der Waals surface area contributed by atoms with E-state index in [0.717, 1.165) is 16.6 Å². The van der Waals surface area contributed by atoms with Crippen LogP contribution < -0.4 is 10.6 Å². The van der Waals surface area contributed by atoms with Gasteiger partial charge in [0.05, 0.1) is 6.54 Å². The summed E-state index contributed by atoms with van der Waals surface area (Å²) in [7, 11) is 0. The lowest BCUT2D eigenvalue weighted by Gasteiger charge is -2.24. The predicted octanol–water partition coefficient (Wildman–Crippen LogP) is 3.47. The Morgan fingerprint density at radius 2 is 2.06 bits per heavy atom. The lowest BCUT2D eigenvalue weighted by molar-refractivity contribution is -0.121. The van der Waals surface area contributed by atoms with Crippen molar-refractivity contribution in [2.24, 2.45) is 0 Å². The Kier molecular flexibility index (Phi) is 5.20. The second kappa shape index (κ2) is 6.23. The molecule has 0 bridgehead atoms. The fourth-order valence-corrected chi connectivity index (χ4v) is 2.08. The standard InChI is InChI=1S/C14H21BrN2O/c1-5-14(3,4)17-13(18)9-16-12-7-6-10(2)8-11(12)15/h6-8,16H,5,9H2,1-4H3,(H,17,18). The molecule has 2 N–H and O–H groups in total. The third-order valence-corrected chi connectivity index (χ3v) is 3.58. The fraction of sp³-hybridized carbons (Fsp3) is 0.500. The Labute approximate surface area is 117 Å². The second-order valence-electron chi connectivity index (χ2n) is 5.12. The van der Waals surface area contributed by atoms with Crippen LogP contribution in [0.3, 0.4) is 0 Å². The second-order valence-corrected chi connectivity index (χ2v) is 5.98. The molecule has 1 rings (SSSR count). The van der Waals surface area contributed by atoms with Gasteiger partial charge in [-0.15, -0.1) is 0 Å². The largest absolute Gasteiger partial charge is 0.375 e. The van der Waals surface area contributed by atoms with Gasteiger partial charge in [-0.1, -0.05) is 13.0 Å². The van der Waals surface area contributed by atoms with E-state index in [9.17, 15) is 4.79 Å². The molecule has 100 valence electrons. The number of benzene rings is 1. The monoisotopic (exact) mass is 312 g/mol. The predicted molar refractivity (Wildman–Crippen MR) is 79.9 cm³/mol. The first-order chi connectivity index (χ1) is 8.34. The number of aryl methyl sites for hydroxylation is 1. The molecule has 0 heterocycles. The zero-order valence-electron chi connectivity index (χ0n) is 11.4. The van der Waals surface area contributed by atoms with Gasteiger partial charge in [-0.2, -0.15) is 0 Å². The number of rotatable bonds is 5. The topological polar surface area (TPSA) is 41.1 Å². The maximum Gasteiger partial charge on any atom is 0.239 e. The molecule has 0 aromatic heterocycles. The zero-order valence-corrected chi connectivity index (χ0v) is 13.0. The van der Waals surface area contributed by atoms with Crippen LogP contribution in [0, 0.1) is 6.92 Å². The normalized spacial score (nSPS) is 11.2. The first-order valence-electron chi connectivity index (χ1n) is 6.15. The molecule has 0 spiro atoms. The number of anilines is 1. The van der Waals surface area contributed by atoms with Gasteiger partial charge in [0.2, 0.25) is 5.91 Å². The van der Waals surface area contributed by atoms with Crippen molar-refractivity contribution in [3.8, 4) is 0 Å². The van der Waals surface area contributed by atoms with Gasteiger partial charge in [-0.25, -0.2) is 0 Å². The van der Waals surface area contributed by atoms with Gasteiger partial charge in [0, 0.05) is 15.7 Å². The third-order valence-electron chi connectivity index (χ3n) is 2.93. The summed E-state index contributed by atoms with van der Waals surface area (Å²) in [5.74, 6) is 0.00863. The summed E-state index contributed by atoms with van der Waals surface area (Å²) < 4.78 is 0.977. The summed E-state index contributed by atoms with van der Waals surface area (Å²) in [6.45, 7) is 8.42. The molecule has 0 atom stereocenters. The highest BCUT2D eigenvalue weighted by Crippen LogP contribution is 2.23. The van der Waals surface area contributed by atoms with Crippen LogP contribution in [0.5, 0.6) is 0 Å². The maximum absolute atomic E-state index is 11.8. The number of halogens is 1. The molecular formula is C14H21BrN2O. The number of hydrogen-bond acceptors (Lipinski definition) is 2. The SMILES string of the molecule is CCC(C)(C)NC(=O)CNc1ccc(C)cc1Br. The van der Waals surface area contributed by atoms with Crippen LogP contribution in [-0.2, 0) is 4.79 Å². The van der Waals surface area contributed by atoms with Crippen molar-refractivity contribution in [2.75, 3.05) is 11.9 Å². The summed E-state index contributed by atoms with van der Waals surface area (Å²) >= 11 is 3.48. The van der Waals surface area contributed by atoms with Crippen molar-refractivity contribution in [1.82, 2.24) is 5.32 Å². The van der Waals surface area contributed by atoms with Crippen molar-refractivity contribution in [1.29, 1.82) is 0 Å². The van der Waals surface area contributed by atoms with Gasteiger partial charge in [0.15, 0.2) is 0 Å². The molecule has 0 unspecified atom stereocenters. The molecule has 4 heteroatoms. The minimum Gasteiger partial charge on any atom is -0.375 e. The van der Waals surface area contributed by atoms with E-state index in [2.05, 4.69) is 33.5 Å². The van der Waals surface area contributed by atoms with Gasteiger partial charge in [0.1, 0.15) is 0 Å². The molecule has 0 aliphatic carbocycles. The fourth-order valence-electron chi connectivity index (χ4n) is 1.45. The van der Waals surface area contributed by atoms with Crippen molar-refractivity contribution in [3.05, 3.63) is 28.2 Å². The van der Waals surface area contributed by atoms with E-state index in [4.69, 9.17) is 0 Å². The quantitative estimate of drug-likeness (QED) is 0.874. The van der Waals surface area contributed by atoms with Crippen molar-refractivity contribution in [2.45, 2.75) is 39.7 Å². The number of carbonyl (C=O) groups is 1. The molecule has 0 radical (unpaired) electrons. The summed E-state index contributed by atoms with van der Waals surface area (Å²) in [6.07, 6.45) is 0.910. The molecule has 1 aromatic carbocycles. The Morgan fingerprint density at radius 3 is 2.61 bits per heavy atom. The van der Waals surface area contributed by atoms with Crippen LogP contribution >= 0.6 is 15.9 Å². The van der Waals surface area contributed by atoms with Crippen molar-refractivity contribution >= 4 is 27.5 Å². The van der Waals surface area contributed by atoms with Crippen molar-refractivity contribution < 1.29 is 4.79 Å². The molecular weight excluding hydrogens is 292 g/mol. The molecule has 0 saturated heterocycles. The summed E-state index contributed by atoms with van der Waals surface area (Å²) in [4.78, 5) is 11.8. The van der Waals surface area contributed by atoms with E-state index in [0.29, 0.717) is 0 Å². The van der Waals surface area contributed by atoms with Gasteiger partial charge < -0.3 is 10.6 Å². The number of amides is 1. The van der Waals surface area contributed by atoms with Gasteiger partial charge >= 0.3 is 0 Å². The molecule has 0 fully saturated rings. The van der Waals surface area contributed by atoms with E-state index in [1.165, 1.54) is 5.56 Å². The molecule has 3 nitrogen and oxygen atoms in total. The van der Waals surface area contributed by atoms with E-state index < -0.39 is 0 Å². The molecule has 0 saturated carbocycles. The molecule has 0 aliphatic rings. The zero-order chi connectivity index (χ0) is 13.8. The van der Waals surface area contributed by atoms with Crippen LogP contribution in [0.2, 0.25) is 0 Å². The first kappa shape index (κ1) is 15.0. The van der Waals surface area contributed by atoms with E-state index in [1.54, 1.807) is 0 Å². The highest BCUT2D eigenvalue weighted by molar-refractivity contribution is 9.10. The summed E-state index contributed by atoms with van der Waals surface area (Å²) in [6, 6.07) is 6.01. The average molecular weight is 313 g/mol. The Bertz CT molecular complexity index is 430. The Morgan fingerprint density at radius 1 is 1.39 bits per heavy atom. The third kappa shape index (κ3) is 4.69. The van der Waals surface area contributed by atoms with E-state index >= 15 is 0 Å². The molecule has 1 amide bonds. The number of nitrogens with one attached hydrogen (secondary N) is 2. The Hall–Kier alpha value is -1.03. The lowest BCUT2D eigenvalue weighted by atomic mass is 10.0.